The first-order valence-corrected chi connectivity index (χ1v) is 5.58. The van der Waals surface area contributed by atoms with Crippen molar-refractivity contribution in [1.82, 2.24) is 4.57 Å². The van der Waals surface area contributed by atoms with Gasteiger partial charge in [-0.05, 0) is 26.0 Å². The lowest BCUT2D eigenvalue weighted by Gasteiger charge is -2.12. The van der Waals surface area contributed by atoms with Gasteiger partial charge in [-0.25, -0.2) is 0 Å². The molecule has 0 spiro atoms. The Balaban J connectivity index is 2.95. The van der Waals surface area contributed by atoms with Crippen molar-refractivity contribution in [1.29, 1.82) is 0 Å². The molecule has 0 fully saturated rings. The fourth-order valence-electron chi connectivity index (χ4n) is 2.29. The summed E-state index contributed by atoms with van der Waals surface area (Å²) < 4.78 is 2.30. The smallest absolute Gasteiger partial charge is 0.0493 e. The molecule has 1 aromatic carbocycles. The molecular weight excluding hydrogens is 194 g/mol. The Labute approximate surface area is 96.7 Å². The van der Waals surface area contributed by atoms with E-state index in [1.807, 2.05) is 12.2 Å². The third kappa shape index (κ3) is 1.40. The number of hydrogen-bond acceptors (Lipinski definition) is 0. The molecule has 82 valence electrons. The van der Waals surface area contributed by atoms with Crippen LogP contribution in [0.1, 0.15) is 31.1 Å². The van der Waals surface area contributed by atoms with Crippen LogP contribution < -0.4 is 0 Å². The predicted octanol–water partition coefficient (Wildman–Crippen LogP) is 4.51. The van der Waals surface area contributed by atoms with Crippen LogP contribution >= 0.6 is 0 Å². The minimum absolute atomic E-state index is 0.423. The van der Waals surface area contributed by atoms with E-state index in [1.54, 1.807) is 0 Å². The fourth-order valence-corrected chi connectivity index (χ4v) is 2.29. The summed E-state index contributed by atoms with van der Waals surface area (Å²) in [6.45, 7) is 12.2. The Kier molecular flexibility index (Phi) is 2.69. The standard InChI is InChI=1S/C15H17N/c1-5-12-13-9-7-8-10-15(13)16(11(3)4)14(12)6-2/h5-11H,1-2H2,3-4H3. The monoisotopic (exact) mass is 211 g/mol. The number of rotatable bonds is 3. The molecular formula is C15H17N. The highest BCUT2D eigenvalue weighted by atomic mass is 15.0. The summed E-state index contributed by atoms with van der Waals surface area (Å²) in [5.41, 5.74) is 3.59. The van der Waals surface area contributed by atoms with Crippen molar-refractivity contribution in [3.05, 3.63) is 48.7 Å². The molecule has 1 nitrogen and oxygen atoms in total. The van der Waals surface area contributed by atoms with Gasteiger partial charge in [-0.2, -0.15) is 0 Å². The molecule has 16 heavy (non-hydrogen) atoms. The van der Waals surface area contributed by atoms with Crippen LogP contribution in [0.15, 0.2) is 37.4 Å². The molecule has 0 amide bonds. The first-order chi connectivity index (χ1) is 7.70. The number of para-hydroxylation sites is 1. The number of fused-ring (bicyclic) bond motifs is 1. The van der Waals surface area contributed by atoms with E-state index in [0.29, 0.717) is 6.04 Å². The third-order valence-electron chi connectivity index (χ3n) is 2.90. The van der Waals surface area contributed by atoms with E-state index in [9.17, 15) is 0 Å². The molecule has 0 aliphatic carbocycles. The van der Waals surface area contributed by atoms with Gasteiger partial charge in [0, 0.05) is 28.2 Å². The quantitative estimate of drug-likeness (QED) is 0.704. The van der Waals surface area contributed by atoms with E-state index in [2.05, 4.69) is 55.8 Å². The van der Waals surface area contributed by atoms with Gasteiger partial charge in [0.15, 0.2) is 0 Å². The number of hydrogen-bond donors (Lipinski definition) is 0. The zero-order valence-electron chi connectivity index (χ0n) is 9.90. The van der Waals surface area contributed by atoms with Gasteiger partial charge in [0.2, 0.25) is 0 Å². The molecule has 2 aromatic rings. The zero-order valence-corrected chi connectivity index (χ0v) is 9.90. The maximum atomic E-state index is 3.91. The second-order valence-corrected chi connectivity index (χ2v) is 4.19. The number of aromatic nitrogens is 1. The molecule has 0 saturated carbocycles. The van der Waals surface area contributed by atoms with E-state index in [0.717, 1.165) is 5.69 Å². The van der Waals surface area contributed by atoms with Gasteiger partial charge in [0.25, 0.3) is 0 Å². The minimum Gasteiger partial charge on any atom is -0.338 e. The Morgan fingerprint density at radius 2 is 1.81 bits per heavy atom. The average Bonchev–Trinajstić information content (AvgIpc) is 2.62. The highest BCUT2D eigenvalue weighted by Crippen LogP contribution is 2.30. The number of nitrogens with zero attached hydrogens (tertiary/aromatic N) is 1. The van der Waals surface area contributed by atoms with Gasteiger partial charge in [-0.1, -0.05) is 37.4 Å². The Hall–Kier alpha value is -1.76. The van der Waals surface area contributed by atoms with Crippen molar-refractivity contribution in [3.63, 3.8) is 0 Å². The summed E-state index contributed by atoms with van der Waals surface area (Å²) in [5.74, 6) is 0. The molecule has 0 bridgehead atoms. The van der Waals surface area contributed by atoms with Crippen LogP contribution in [0.4, 0.5) is 0 Å². The van der Waals surface area contributed by atoms with E-state index in [-0.39, 0.29) is 0 Å². The van der Waals surface area contributed by atoms with Crippen molar-refractivity contribution >= 4 is 23.1 Å². The topological polar surface area (TPSA) is 4.93 Å². The van der Waals surface area contributed by atoms with Crippen molar-refractivity contribution in [2.75, 3.05) is 0 Å². The van der Waals surface area contributed by atoms with Crippen LogP contribution in [0.2, 0.25) is 0 Å². The van der Waals surface area contributed by atoms with Crippen LogP contribution in [0.25, 0.3) is 23.1 Å². The largest absolute Gasteiger partial charge is 0.338 e. The molecule has 1 aromatic heterocycles. The summed E-state index contributed by atoms with van der Waals surface area (Å²) in [6, 6.07) is 8.84. The summed E-state index contributed by atoms with van der Waals surface area (Å²) in [7, 11) is 0. The molecule has 0 aliphatic heterocycles. The molecule has 0 aliphatic rings. The van der Waals surface area contributed by atoms with Gasteiger partial charge >= 0.3 is 0 Å². The Morgan fingerprint density at radius 1 is 1.12 bits per heavy atom. The van der Waals surface area contributed by atoms with Crippen LogP contribution in [-0.2, 0) is 0 Å². The van der Waals surface area contributed by atoms with Gasteiger partial charge in [0.05, 0.1) is 0 Å². The number of benzene rings is 1. The van der Waals surface area contributed by atoms with Crippen LogP contribution in [-0.4, -0.2) is 4.57 Å². The predicted molar refractivity (Wildman–Crippen MR) is 72.5 cm³/mol. The van der Waals surface area contributed by atoms with Crippen LogP contribution in [0.3, 0.4) is 0 Å². The molecule has 1 heteroatoms. The molecule has 2 rings (SSSR count). The molecule has 0 N–H and O–H groups in total. The second-order valence-electron chi connectivity index (χ2n) is 4.19. The second kappa shape index (κ2) is 4.01. The van der Waals surface area contributed by atoms with Crippen LogP contribution in [0, 0.1) is 0 Å². The van der Waals surface area contributed by atoms with Gasteiger partial charge < -0.3 is 4.57 Å². The molecule has 0 unspecified atom stereocenters. The van der Waals surface area contributed by atoms with Crippen molar-refractivity contribution < 1.29 is 0 Å². The first-order valence-electron chi connectivity index (χ1n) is 5.58. The van der Waals surface area contributed by atoms with E-state index in [4.69, 9.17) is 0 Å². The lowest BCUT2D eigenvalue weighted by molar-refractivity contribution is 0.618. The highest BCUT2D eigenvalue weighted by molar-refractivity contribution is 5.93. The van der Waals surface area contributed by atoms with Gasteiger partial charge in [-0.3, -0.25) is 0 Å². The van der Waals surface area contributed by atoms with E-state index in [1.165, 1.54) is 16.5 Å². The molecule has 0 saturated heterocycles. The maximum Gasteiger partial charge on any atom is 0.0493 e. The fraction of sp³-hybridized carbons (Fsp3) is 0.200. The minimum atomic E-state index is 0.423. The van der Waals surface area contributed by atoms with Gasteiger partial charge in [-0.15, -0.1) is 0 Å². The van der Waals surface area contributed by atoms with E-state index >= 15 is 0 Å². The average molecular weight is 211 g/mol. The summed E-state index contributed by atoms with van der Waals surface area (Å²) >= 11 is 0. The van der Waals surface area contributed by atoms with Crippen LogP contribution in [0.5, 0.6) is 0 Å². The highest BCUT2D eigenvalue weighted by Gasteiger charge is 2.13. The SMILES string of the molecule is C=Cc1c(C=C)n(C(C)C)c2ccccc12. The van der Waals surface area contributed by atoms with Crippen molar-refractivity contribution in [2.24, 2.45) is 0 Å². The molecule has 1 heterocycles. The molecule has 0 radical (unpaired) electrons. The Bertz CT molecular complexity index is 544. The van der Waals surface area contributed by atoms with Gasteiger partial charge in [0.1, 0.15) is 0 Å². The Morgan fingerprint density at radius 3 is 2.38 bits per heavy atom. The molecule has 0 atom stereocenters. The lowest BCUT2D eigenvalue weighted by atomic mass is 10.1. The summed E-state index contributed by atoms with van der Waals surface area (Å²) in [4.78, 5) is 0. The lowest BCUT2D eigenvalue weighted by Crippen LogP contribution is -2.02. The third-order valence-corrected chi connectivity index (χ3v) is 2.90. The first kappa shape index (κ1) is 10.7. The normalized spacial score (nSPS) is 10.9. The van der Waals surface area contributed by atoms with Crippen molar-refractivity contribution in [3.8, 4) is 0 Å². The van der Waals surface area contributed by atoms with Crippen molar-refractivity contribution in [2.45, 2.75) is 19.9 Å². The van der Waals surface area contributed by atoms with E-state index < -0.39 is 0 Å². The summed E-state index contributed by atoms with van der Waals surface area (Å²) in [6.07, 6.45) is 3.83. The zero-order chi connectivity index (χ0) is 11.7. The summed E-state index contributed by atoms with van der Waals surface area (Å²) in [5, 5.41) is 1.25. The maximum absolute atomic E-state index is 3.91.